The number of pyridine rings is 1. The van der Waals surface area contributed by atoms with Crippen LogP contribution in [0.15, 0.2) is 59.7 Å². The molecule has 1 aromatic heterocycles. The van der Waals surface area contributed by atoms with Crippen molar-refractivity contribution in [2.24, 2.45) is 4.99 Å². The zero-order valence-electron chi connectivity index (χ0n) is 16.9. The second kappa shape index (κ2) is 10.3. The third-order valence-corrected chi connectivity index (χ3v) is 3.75. The predicted octanol–water partition coefficient (Wildman–Crippen LogP) is 3.01. The fourth-order valence-corrected chi connectivity index (χ4v) is 2.48. The molecule has 1 heterocycles. The summed E-state index contributed by atoms with van der Waals surface area (Å²) in [5, 5.41) is 9.39. The second-order valence-electron chi connectivity index (χ2n) is 7.24. The minimum absolute atomic E-state index is 0.274. The molecular weight excluding hydrogens is 354 g/mol. The number of hydrogen-bond donors (Lipinski definition) is 3. The molecule has 0 saturated carbocycles. The lowest BCUT2D eigenvalue weighted by atomic mass is 10.1. The molecule has 2 aromatic rings. The lowest BCUT2D eigenvalue weighted by Crippen LogP contribution is -2.44. The van der Waals surface area contributed by atoms with Crippen LogP contribution >= 0.6 is 0 Å². The van der Waals surface area contributed by atoms with E-state index in [0.717, 1.165) is 11.3 Å². The Morgan fingerprint density at radius 1 is 1.11 bits per heavy atom. The maximum Gasteiger partial charge on any atom is 0.408 e. The largest absolute Gasteiger partial charge is 0.444 e. The summed E-state index contributed by atoms with van der Waals surface area (Å²) >= 11 is 0. The lowest BCUT2D eigenvalue weighted by Gasteiger charge is -2.24. The van der Waals surface area contributed by atoms with Crippen molar-refractivity contribution in [1.29, 1.82) is 0 Å². The topological polar surface area (TPSA) is 87.6 Å². The molecule has 7 nitrogen and oxygen atoms in total. The molecule has 0 aliphatic rings. The van der Waals surface area contributed by atoms with Crippen molar-refractivity contribution in [2.75, 3.05) is 13.6 Å². The highest BCUT2D eigenvalue weighted by Crippen LogP contribution is 2.14. The number of nitrogens with one attached hydrogen (secondary N) is 3. The first-order valence-corrected chi connectivity index (χ1v) is 9.26. The van der Waals surface area contributed by atoms with Crippen molar-refractivity contribution in [3.05, 3.63) is 66.0 Å². The molecular formula is C21H29N5O2. The Hall–Kier alpha value is -3.09. The maximum atomic E-state index is 12.3. The fraction of sp³-hybridized carbons (Fsp3) is 0.381. The highest BCUT2D eigenvalue weighted by atomic mass is 16.6. The highest BCUT2D eigenvalue weighted by Gasteiger charge is 2.20. The quantitative estimate of drug-likeness (QED) is 0.527. The molecule has 28 heavy (non-hydrogen) atoms. The first-order valence-electron chi connectivity index (χ1n) is 9.26. The van der Waals surface area contributed by atoms with E-state index in [1.165, 1.54) is 0 Å². The van der Waals surface area contributed by atoms with Crippen LogP contribution in [0, 0.1) is 0 Å². The Labute approximate surface area is 166 Å². The summed E-state index contributed by atoms with van der Waals surface area (Å²) in [4.78, 5) is 20.8. The molecule has 0 saturated heterocycles. The molecule has 1 amide bonds. The number of nitrogens with zero attached hydrogens (tertiary/aromatic N) is 2. The van der Waals surface area contributed by atoms with Gasteiger partial charge in [-0.2, -0.15) is 0 Å². The van der Waals surface area contributed by atoms with Crippen molar-refractivity contribution in [2.45, 2.75) is 39.0 Å². The molecule has 0 fully saturated rings. The average molecular weight is 383 g/mol. The first-order chi connectivity index (χ1) is 13.4. The van der Waals surface area contributed by atoms with Crippen molar-refractivity contribution in [1.82, 2.24) is 20.9 Å². The molecule has 0 bridgehead atoms. The first kappa shape index (κ1) is 21.2. The van der Waals surface area contributed by atoms with Crippen LogP contribution in [-0.4, -0.2) is 36.2 Å². The van der Waals surface area contributed by atoms with Gasteiger partial charge in [0.15, 0.2) is 5.96 Å². The predicted molar refractivity (Wildman–Crippen MR) is 111 cm³/mol. The van der Waals surface area contributed by atoms with Crippen LogP contribution < -0.4 is 16.0 Å². The fourth-order valence-electron chi connectivity index (χ4n) is 2.48. The minimum atomic E-state index is -0.557. The zero-order chi connectivity index (χ0) is 20.4. The van der Waals surface area contributed by atoms with Crippen molar-refractivity contribution < 1.29 is 9.53 Å². The smallest absolute Gasteiger partial charge is 0.408 e. The van der Waals surface area contributed by atoms with Crippen LogP contribution in [0.25, 0.3) is 0 Å². The summed E-state index contributed by atoms with van der Waals surface area (Å²) in [6.07, 6.45) is 1.29. The van der Waals surface area contributed by atoms with Gasteiger partial charge in [0.2, 0.25) is 0 Å². The average Bonchev–Trinajstić information content (AvgIpc) is 2.67. The summed E-state index contributed by atoms with van der Waals surface area (Å²) < 4.78 is 5.40. The van der Waals surface area contributed by atoms with Gasteiger partial charge in [-0.3, -0.25) is 9.98 Å². The van der Waals surface area contributed by atoms with Gasteiger partial charge in [0, 0.05) is 19.8 Å². The molecule has 1 unspecified atom stereocenters. The highest BCUT2D eigenvalue weighted by molar-refractivity contribution is 5.79. The Balaban J connectivity index is 1.98. The number of carbonyl (C=O) groups excluding carboxylic acids is 1. The van der Waals surface area contributed by atoms with E-state index in [1.807, 2.05) is 69.3 Å². The van der Waals surface area contributed by atoms with Gasteiger partial charge in [-0.05, 0) is 38.5 Å². The third-order valence-electron chi connectivity index (χ3n) is 3.75. The maximum absolute atomic E-state index is 12.3. The summed E-state index contributed by atoms with van der Waals surface area (Å²) in [5.41, 5.74) is 1.33. The van der Waals surface area contributed by atoms with E-state index >= 15 is 0 Å². The minimum Gasteiger partial charge on any atom is -0.444 e. The number of amides is 1. The Morgan fingerprint density at radius 2 is 1.82 bits per heavy atom. The molecule has 7 heteroatoms. The van der Waals surface area contributed by atoms with Crippen LogP contribution in [0.5, 0.6) is 0 Å². The zero-order valence-corrected chi connectivity index (χ0v) is 16.9. The van der Waals surface area contributed by atoms with E-state index in [4.69, 9.17) is 4.74 Å². The Bertz CT molecular complexity index is 757. The number of ether oxygens (including phenoxy) is 1. The summed E-state index contributed by atoms with van der Waals surface area (Å²) in [7, 11) is 1.70. The second-order valence-corrected chi connectivity index (χ2v) is 7.24. The van der Waals surface area contributed by atoms with Gasteiger partial charge in [0.05, 0.1) is 18.3 Å². The van der Waals surface area contributed by atoms with E-state index < -0.39 is 11.7 Å². The standard InChI is InChI=1S/C21H29N5O2/c1-21(2,3)28-20(27)26-18(16-10-6-5-7-11-16)15-25-19(22-4)24-14-17-12-8-9-13-23-17/h5-13,18H,14-15H2,1-4H3,(H,26,27)(H2,22,24,25). The molecule has 3 N–H and O–H groups in total. The SMILES string of the molecule is CN=C(NCc1ccccn1)NCC(NC(=O)OC(C)(C)C)c1ccccc1. The van der Waals surface area contributed by atoms with Crippen molar-refractivity contribution in [3.63, 3.8) is 0 Å². The number of carbonyl (C=O) groups is 1. The van der Waals surface area contributed by atoms with Crippen LogP contribution in [0.4, 0.5) is 4.79 Å². The van der Waals surface area contributed by atoms with Crippen LogP contribution in [0.3, 0.4) is 0 Å². The molecule has 1 aromatic carbocycles. The van der Waals surface area contributed by atoms with Gasteiger partial charge in [-0.15, -0.1) is 0 Å². The van der Waals surface area contributed by atoms with E-state index in [2.05, 4.69) is 25.9 Å². The van der Waals surface area contributed by atoms with Gasteiger partial charge >= 0.3 is 6.09 Å². The molecule has 0 aliphatic carbocycles. The van der Waals surface area contributed by atoms with E-state index in [1.54, 1.807) is 13.2 Å². The number of aromatic nitrogens is 1. The van der Waals surface area contributed by atoms with E-state index in [9.17, 15) is 4.79 Å². The van der Waals surface area contributed by atoms with Gasteiger partial charge in [-0.25, -0.2) is 4.79 Å². The molecule has 0 spiro atoms. The number of aliphatic imine (C=N–C) groups is 1. The van der Waals surface area contributed by atoms with Crippen LogP contribution in [0.2, 0.25) is 0 Å². The van der Waals surface area contributed by atoms with Gasteiger partial charge in [-0.1, -0.05) is 36.4 Å². The van der Waals surface area contributed by atoms with Gasteiger partial charge < -0.3 is 20.7 Å². The number of hydrogen-bond acceptors (Lipinski definition) is 4. The van der Waals surface area contributed by atoms with Gasteiger partial charge in [0.1, 0.15) is 5.60 Å². The van der Waals surface area contributed by atoms with Gasteiger partial charge in [0.25, 0.3) is 0 Å². The van der Waals surface area contributed by atoms with Crippen LogP contribution in [0.1, 0.15) is 38.1 Å². The molecule has 150 valence electrons. The molecule has 0 aliphatic heterocycles. The molecule has 2 rings (SSSR count). The summed E-state index contributed by atoms with van der Waals surface area (Å²) in [6.45, 7) is 6.52. The van der Waals surface area contributed by atoms with E-state index in [0.29, 0.717) is 19.0 Å². The molecule has 0 radical (unpaired) electrons. The number of alkyl carbamates (subject to hydrolysis) is 1. The summed E-state index contributed by atoms with van der Waals surface area (Å²) in [6, 6.07) is 15.2. The Kier molecular flexibility index (Phi) is 7.80. The normalized spacial score (nSPS) is 12.8. The van der Waals surface area contributed by atoms with Crippen LogP contribution in [-0.2, 0) is 11.3 Å². The summed E-state index contributed by atoms with van der Waals surface area (Å²) in [5.74, 6) is 0.623. The van der Waals surface area contributed by atoms with Crippen molar-refractivity contribution in [3.8, 4) is 0 Å². The third kappa shape index (κ3) is 7.65. The van der Waals surface area contributed by atoms with Crippen molar-refractivity contribution >= 4 is 12.1 Å². The number of guanidine groups is 1. The number of rotatable bonds is 6. The number of benzene rings is 1. The van der Waals surface area contributed by atoms with E-state index in [-0.39, 0.29) is 6.04 Å². The Morgan fingerprint density at radius 3 is 2.43 bits per heavy atom. The lowest BCUT2D eigenvalue weighted by molar-refractivity contribution is 0.0504. The monoisotopic (exact) mass is 383 g/mol. The molecule has 1 atom stereocenters.